The predicted octanol–water partition coefficient (Wildman–Crippen LogP) is 1.82. The predicted molar refractivity (Wildman–Crippen MR) is 111 cm³/mol. The number of carboxylic acid groups (broad SMARTS) is 1. The van der Waals surface area contributed by atoms with Crippen molar-refractivity contribution in [3.8, 4) is 5.69 Å². The van der Waals surface area contributed by atoms with Gasteiger partial charge in [0.15, 0.2) is 0 Å². The fourth-order valence-electron chi connectivity index (χ4n) is 3.72. The Morgan fingerprint density at radius 1 is 1.26 bits per heavy atom. The fourth-order valence-corrected chi connectivity index (χ4v) is 3.72. The van der Waals surface area contributed by atoms with Gasteiger partial charge in [-0.05, 0) is 30.3 Å². The van der Waals surface area contributed by atoms with E-state index in [4.69, 9.17) is 9.90 Å². The summed E-state index contributed by atoms with van der Waals surface area (Å²) in [6.45, 7) is 0.842. The van der Waals surface area contributed by atoms with Crippen LogP contribution in [0.2, 0.25) is 0 Å². The molecule has 1 amide bonds. The van der Waals surface area contributed by atoms with E-state index >= 15 is 0 Å². The molecule has 1 aliphatic heterocycles. The first-order valence-corrected chi connectivity index (χ1v) is 9.58. The molecule has 1 unspecified atom stereocenters. The van der Waals surface area contributed by atoms with E-state index in [-0.39, 0.29) is 18.3 Å². The molecule has 4 heterocycles. The van der Waals surface area contributed by atoms with Gasteiger partial charge in [-0.15, -0.1) is 0 Å². The third-order valence-electron chi connectivity index (χ3n) is 5.13. The van der Waals surface area contributed by atoms with Gasteiger partial charge in [-0.2, -0.15) is 10.2 Å². The van der Waals surface area contributed by atoms with Gasteiger partial charge >= 0.3 is 0 Å². The number of benzene rings is 1. The number of fused-ring (bicyclic) bond motifs is 1. The largest absolute Gasteiger partial charge is 0.483 e. The molecule has 3 aromatic heterocycles. The minimum atomic E-state index is -0.250. The van der Waals surface area contributed by atoms with Crippen molar-refractivity contribution in [1.82, 2.24) is 34.4 Å². The molecule has 10 heteroatoms. The number of rotatable bonds is 3. The van der Waals surface area contributed by atoms with Crippen molar-refractivity contribution in [3.63, 3.8) is 0 Å². The zero-order valence-electron chi connectivity index (χ0n) is 16.8. The van der Waals surface area contributed by atoms with Crippen LogP contribution in [0.1, 0.15) is 33.2 Å². The third-order valence-corrected chi connectivity index (χ3v) is 5.13. The number of hydrogen-bond acceptors (Lipinski definition) is 5. The molecule has 4 aromatic rings. The molecule has 0 radical (unpaired) electrons. The zero-order valence-corrected chi connectivity index (χ0v) is 16.8. The summed E-state index contributed by atoms with van der Waals surface area (Å²) in [5, 5.41) is 15.4. The lowest BCUT2D eigenvalue weighted by molar-refractivity contribution is -0.122. The van der Waals surface area contributed by atoms with E-state index in [1.165, 1.54) is 0 Å². The summed E-state index contributed by atoms with van der Waals surface area (Å²) >= 11 is 0. The quantitative estimate of drug-likeness (QED) is 0.489. The molecule has 1 atom stereocenters. The highest BCUT2D eigenvalue weighted by Crippen LogP contribution is 2.32. The molecular weight excluding hydrogens is 398 g/mol. The maximum Gasteiger partial charge on any atom is 0.290 e. The molecule has 0 bridgehead atoms. The standard InChI is InChI=1S/C20H19N7O.CH2O2/c1-25-10-15(9-24-25)17-11-26(12-18-19(17)22-13-21-18)20(28)14-3-5-16(6-4-14)27-8-2-7-23-27;2-1-3/h2-10,13,17H,11-12H2,1H3,(H,21,22);1H,(H,2,3). The lowest BCUT2D eigenvalue weighted by atomic mass is 9.92. The molecule has 1 aliphatic rings. The van der Waals surface area contributed by atoms with Gasteiger partial charge in [-0.25, -0.2) is 9.67 Å². The first-order valence-electron chi connectivity index (χ1n) is 9.58. The number of carbonyl (C=O) groups excluding carboxylic acids is 1. The number of H-pyrrole nitrogens is 1. The molecule has 0 saturated carbocycles. The average molecular weight is 419 g/mol. The average Bonchev–Trinajstić information content (AvgIpc) is 3.55. The van der Waals surface area contributed by atoms with E-state index in [1.807, 2.05) is 60.9 Å². The van der Waals surface area contributed by atoms with Crippen LogP contribution in [0.5, 0.6) is 0 Å². The number of aromatic amines is 1. The van der Waals surface area contributed by atoms with Gasteiger partial charge in [0, 0.05) is 49.2 Å². The number of nitrogens with zero attached hydrogens (tertiary/aromatic N) is 6. The van der Waals surface area contributed by atoms with Crippen LogP contribution in [0.4, 0.5) is 0 Å². The number of hydrogen-bond donors (Lipinski definition) is 2. The van der Waals surface area contributed by atoms with E-state index in [0.717, 1.165) is 22.6 Å². The Morgan fingerprint density at radius 3 is 2.68 bits per heavy atom. The van der Waals surface area contributed by atoms with Crippen LogP contribution < -0.4 is 0 Å². The van der Waals surface area contributed by atoms with Gasteiger partial charge in [0.1, 0.15) is 0 Å². The Balaban J connectivity index is 0.000000730. The van der Waals surface area contributed by atoms with Crippen LogP contribution in [-0.4, -0.2) is 58.5 Å². The van der Waals surface area contributed by atoms with Crippen molar-refractivity contribution in [3.05, 3.63) is 84.0 Å². The molecule has 5 rings (SSSR count). The molecule has 0 spiro atoms. The summed E-state index contributed by atoms with van der Waals surface area (Å²) in [6, 6.07) is 9.38. The van der Waals surface area contributed by atoms with Crippen molar-refractivity contribution < 1.29 is 14.7 Å². The second-order valence-electron chi connectivity index (χ2n) is 7.05. The SMILES string of the molecule is Cn1cc(C2CN(C(=O)c3ccc(-n4cccn4)cc3)Cc3[nH]cnc32)cn1.O=CO. The number of imidazole rings is 1. The number of nitrogens with one attached hydrogen (secondary N) is 1. The first-order chi connectivity index (χ1) is 15.1. The maximum absolute atomic E-state index is 13.2. The van der Waals surface area contributed by atoms with Crippen molar-refractivity contribution in [2.24, 2.45) is 7.05 Å². The molecule has 31 heavy (non-hydrogen) atoms. The first kappa shape index (κ1) is 20.1. The highest BCUT2D eigenvalue weighted by molar-refractivity contribution is 5.94. The van der Waals surface area contributed by atoms with E-state index in [0.29, 0.717) is 18.7 Å². The van der Waals surface area contributed by atoms with Crippen LogP contribution in [0, 0.1) is 0 Å². The van der Waals surface area contributed by atoms with Gasteiger partial charge in [-0.1, -0.05) is 0 Å². The lowest BCUT2D eigenvalue weighted by Gasteiger charge is -2.31. The Hall–Kier alpha value is -4.21. The Kier molecular flexibility index (Phi) is 5.61. The van der Waals surface area contributed by atoms with Gasteiger partial charge in [0.2, 0.25) is 0 Å². The minimum Gasteiger partial charge on any atom is -0.483 e. The van der Waals surface area contributed by atoms with Gasteiger partial charge in [0.05, 0.1) is 36.1 Å². The van der Waals surface area contributed by atoms with Crippen LogP contribution in [0.15, 0.2) is 61.4 Å². The van der Waals surface area contributed by atoms with E-state index in [9.17, 15) is 4.79 Å². The monoisotopic (exact) mass is 419 g/mol. The minimum absolute atomic E-state index is 0.00107. The fraction of sp³-hybridized carbons (Fsp3) is 0.190. The van der Waals surface area contributed by atoms with Crippen molar-refractivity contribution in [2.45, 2.75) is 12.5 Å². The molecule has 0 saturated heterocycles. The summed E-state index contributed by atoms with van der Waals surface area (Å²) in [6.07, 6.45) is 9.12. The molecule has 0 aliphatic carbocycles. The van der Waals surface area contributed by atoms with Crippen LogP contribution in [-0.2, 0) is 18.4 Å². The van der Waals surface area contributed by atoms with E-state index in [1.54, 1.807) is 21.9 Å². The molecular formula is C21H21N7O3. The van der Waals surface area contributed by atoms with Crippen LogP contribution in [0.3, 0.4) is 0 Å². The molecule has 2 N–H and O–H groups in total. The van der Waals surface area contributed by atoms with Crippen molar-refractivity contribution in [2.75, 3.05) is 6.54 Å². The molecule has 158 valence electrons. The van der Waals surface area contributed by atoms with Crippen molar-refractivity contribution >= 4 is 12.4 Å². The highest BCUT2D eigenvalue weighted by atomic mass is 16.3. The van der Waals surface area contributed by atoms with Crippen LogP contribution in [0.25, 0.3) is 5.69 Å². The summed E-state index contributed by atoms with van der Waals surface area (Å²) < 4.78 is 3.54. The smallest absolute Gasteiger partial charge is 0.290 e. The Morgan fingerprint density at radius 2 is 2.03 bits per heavy atom. The number of aromatic nitrogens is 6. The normalized spacial score (nSPS) is 15.0. The molecule has 0 fully saturated rings. The second kappa shape index (κ2) is 8.66. The summed E-state index contributed by atoms with van der Waals surface area (Å²) in [5.41, 5.74) is 4.60. The van der Waals surface area contributed by atoms with E-state index < -0.39 is 0 Å². The Bertz CT molecular complexity index is 1160. The summed E-state index contributed by atoms with van der Waals surface area (Å²) in [5.74, 6) is 0.0113. The summed E-state index contributed by atoms with van der Waals surface area (Å²) in [4.78, 5) is 31.1. The topological polar surface area (TPSA) is 122 Å². The van der Waals surface area contributed by atoms with E-state index in [2.05, 4.69) is 20.2 Å². The number of aryl methyl sites for hydroxylation is 1. The summed E-state index contributed by atoms with van der Waals surface area (Å²) in [7, 11) is 1.89. The maximum atomic E-state index is 13.2. The highest BCUT2D eigenvalue weighted by Gasteiger charge is 2.32. The Labute approximate surface area is 177 Å². The zero-order chi connectivity index (χ0) is 21.8. The van der Waals surface area contributed by atoms with Gasteiger partial charge < -0.3 is 15.0 Å². The van der Waals surface area contributed by atoms with Crippen molar-refractivity contribution in [1.29, 1.82) is 0 Å². The number of carbonyl (C=O) groups is 2. The molecule has 10 nitrogen and oxygen atoms in total. The van der Waals surface area contributed by atoms with Gasteiger partial charge in [0.25, 0.3) is 12.4 Å². The molecule has 1 aromatic carbocycles. The third kappa shape index (κ3) is 4.08. The van der Waals surface area contributed by atoms with Gasteiger partial charge in [-0.3, -0.25) is 14.3 Å². The number of amides is 1. The lowest BCUT2D eigenvalue weighted by Crippen LogP contribution is -2.38. The second-order valence-corrected chi connectivity index (χ2v) is 7.05. The van der Waals surface area contributed by atoms with Crippen LogP contribution >= 0.6 is 0 Å².